The van der Waals surface area contributed by atoms with Crippen LogP contribution in [0.1, 0.15) is 24.3 Å². The van der Waals surface area contributed by atoms with Crippen LogP contribution in [0, 0.1) is 0 Å². The first-order valence-electron chi connectivity index (χ1n) is 6.97. The van der Waals surface area contributed by atoms with E-state index < -0.39 is 0 Å². The molecule has 0 bridgehead atoms. The van der Waals surface area contributed by atoms with Crippen molar-refractivity contribution in [3.8, 4) is 5.75 Å². The molecule has 102 valence electrons. The Hall–Kier alpha value is -1.55. The second-order valence-corrected chi connectivity index (χ2v) is 5.29. The van der Waals surface area contributed by atoms with Gasteiger partial charge >= 0.3 is 0 Å². The molecule has 1 unspecified atom stereocenters. The second kappa shape index (κ2) is 5.21. The number of carbonyl (C=O) groups excluding carboxylic acids is 1. The van der Waals surface area contributed by atoms with E-state index >= 15 is 0 Å². The van der Waals surface area contributed by atoms with Gasteiger partial charge in [0.25, 0.3) is 0 Å². The highest BCUT2D eigenvalue weighted by atomic mass is 16.5. The number of nitrogens with one attached hydrogen (secondary N) is 1. The molecule has 4 nitrogen and oxygen atoms in total. The molecule has 2 aliphatic rings. The molecular formula is C15H20N2O2. The smallest absolute Gasteiger partial charge is 0.233 e. The molecule has 1 saturated heterocycles. The number of likely N-dealkylation sites (tertiary alicyclic amines) is 1. The van der Waals surface area contributed by atoms with E-state index in [9.17, 15) is 4.79 Å². The maximum Gasteiger partial charge on any atom is 0.233 e. The van der Waals surface area contributed by atoms with Crippen molar-refractivity contribution in [2.24, 2.45) is 0 Å². The van der Waals surface area contributed by atoms with Crippen molar-refractivity contribution >= 4 is 5.91 Å². The topological polar surface area (TPSA) is 41.6 Å². The molecule has 1 amide bonds. The summed E-state index contributed by atoms with van der Waals surface area (Å²) in [5.41, 5.74) is 1.04. The van der Waals surface area contributed by atoms with E-state index in [-0.39, 0.29) is 11.8 Å². The van der Waals surface area contributed by atoms with Gasteiger partial charge in [-0.1, -0.05) is 18.2 Å². The lowest BCUT2D eigenvalue weighted by Gasteiger charge is -2.33. The molecule has 1 N–H and O–H groups in total. The van der Waals surface area contributed by atoms with E-state index in [2.05, 4.69) is 5.32 Å². The lowest BCUT2D eigenvalue weighted by atomic mass is 9.97. The summed E-state index contributed by atoms with van der Waals surface area (Å²) in [5.74, 6) is 0.979. The minimum absolute atomic E-state index is 0.109. The van der Waals surface area contributed by atoms with E-state index in [0.29, 0.717) is 12.6 Å². The highest BCUT2D eigenvalue weighted by molar-refractivity contribution is 5.85. The minimum atomic E-state index is -0.109. The number of hydrogen-bond donors (Lipinski definition) is 1. The standard InChI is InChI=1S/C15H20N2O2/c1-16-11-6-8-17(9-7-11)15(18)13-10-19-14-5-3-2-4-12(13)14/h2-5,11,13,16H,6-10H2,1H3. The molecule has 2 aliphatic heterocycles. The highest BCUT2D eigenvalue weighted by Gasteiger charge is 2.34. The van der Waals surface area contributed by atoms with Crippen molar-refractivity contribution < 1.29 is 9.53 Å². The van der Waals surface area contributed by atoms with E-state index in [1.54, 1.807) is 0 Å². The Kier molecular flexibility index (Phi) is 3.42. The van der Waals surface area contributed by atoms with Gasteiger partial charge in [0.15, 0.2) is 0 Å². The number of hydrogen-bond acceptors (Lipinski definition) is 3. The zero-order valence-corrected chi connectivity index (χ0v) is 11.3. The summed E-state index contributed by atoms with van der Waals surface area (Å²) in [5, 5.41) is 3.29. The van der Waals surface area contributed by atoms with E-state index in [4.69, 9.17) is 4.74 Å². The first kappa shape index (κ1) is 12.5. The molecule has 2 heterocycles. The highest BCUT2D eigenvalue weighted by Crippen LogP contribution is 2.35. The number of nitrogens with zero attached hydrogens (tertiary/aromatic N) is 1. The second-order valence-electron chi connectivity index (χ2n) is 5.29. The van der Waals surface area contributed by atoms with Crippen LogP contribution in [-0.2, 0) is 4.79 Å². The summed E-state index contributed by atoms with van der Waals surface area (Å²) in [6.07, 6.45) is 2.08. The summed E-state index contributed by atoms with van der Waals surface area (Å²) in [4.78, 5) is 14.6. The first-order chi connectivity index (χ1) is 9.29. The third-order valence-electron chi connectivity index (χ3n) is 4.21. The van der Waals surface area contributed by atoms with Gasteiger partial charge in [-0.2, -0.15) is 0 Å². The summed E-state index contributed by atoms with van der Waals surface area (Å²) in [6, 6.07) is 8.42. The van der Waals surface area contributed by atoms with E-state index in [0.717, 1.165) is 37.2 Å². The van der Waals surface area contributed by atoms with Gasteiger partial charge in [-0.05, 0) is 26.0 Å². The van der Waals surface area contributed by atoms with Crippen LogP contribution in [0.2, 0.25) is 0 Å². The summed E-state index contributed by atoms with van der Waals surface area (Å²) in [6.45, 7) is 2.19. The van der Waals surface area contributed by atoms with Gasteiger partial charge in [-0.25, -0.2) is 0 Å². The molecule has 4 heteroatoms. The van der Waals surface area contributed by atoms with Gasteiger partial charge < -0.3 is 15.0 Å². The first-order valence-corrected chi connectivity index (χ1v) is 6.97. The van der Waals surface area contributed by atoms with Crippen molar-refractivity contribution in [1.82, 2.24) is 10.2 Å². The molecule has 3 rings (SSSR count). The maximum absolute atomic E-state index is 12.6. The Labute approximate surface area is 113 Å². The number of para-hydroxylation sites is 1. The predicted molar refractivity (Wildman–Crippen MR) is 73.3 cm³/mol. The molecule has 0 radical (unpaired) electrons. The van der Waals surface area contributed by atoms with Crippen LogP contribution in [0.15, 0.2) is 24.3 Å². The Morgan fingerprint density at radius 2 is 2.05 bits per heavy atom. The molecule has 0 spiro atoms. The zero-order valence-electron chi connectivity index (χ0n) is 11.3. The molecule has 19 heavy (non-hydrogen) atoms. The van der Waals surface area contributed by atoms with E-state index in [1.165, 1.54) is 0 Å². The van der Waals surface area contributed by atoms with Crippen LogP contribution < -0.4 is 10.1 Å². The van der Waals surface area contributed by atoms with Crippen LogP contribution in [-0.4, -0.2) is 43.6 Å². The number of amides is 1. The number of piperidine rings is 1. The number of carbonyl (C=O) groups is 1. The third kappa shape index (κ3) is 2.32. The lowest BCUT2D eigenvalue weighted by molar-refractivity contribution is -0.134. The largest absolute Gasteiger partial charge is 0.492 e. The van der Waals surface area contributed by atoms with Crippen molar-refractivity contribution in [3.05, 3.63) is 29.8 Å². The SMILES string of the molecule is CNC1CCN(C(=O)C2COc3ccccc32)CC1. The molecule has 1 atom stereocenters. The summed E-state index contributed by atoms with van der Waals surface area (Å²) < 4.78 is 5.61. The monoisotopic (exact) mass is 260 g/mol. The fraction of sp³-hybridized carbons (Fsp3) is 0.533. The minimum Gasteiger partial charge on any atom is -0.492 e. The van der Waals surface area contributed by atoms with Crippen LogP contribution >= 0.6 is 0 Å². The molecule has 1 aromatic rings. The van der Waals surface area contributed by atoms with Crippen LogP contribution in [0.25, 0.3) is 0 Å². The molecule has 0 saturated carbocycles. The predicted octanol–water partition coefficient (Wildman–Crippen LogP) is 1.37. The average molecular weight is 260 g/mol. The van der Waals surface area contributed by atoms with Crippen LogP contribution in [0.5, 0.6) is 5.75 Å². The van der Waals surface area contributed by atoms with Crippen molar-refractivity contribution in [2.75, 3.05) is 26.7 Å². The van der Waals surface area contributed by atoms with Gasteiger partial charge in [0.05, 0.1) is 0 Å². The van der Waals surface area contributed by atoms with Crippen LogP contribution in [0.4, 0.5) is 0 Å². The number of fused-ring (bicyclic) bond motifs is 1. The lowest BCUT2D eigenvalue weighted by Crippen LogP contribution is -2.45. The van der Waals surface area contributed by atoms with Gasteiger partial charge in [0.2, 0.25) is 5.91 Å². The number of rotatable bonds is 2. The van der Waals surface area contributed by atoms with Crippen molar-refractivity contribution in [2.45, 2.75) is 24.8 Å². The Morgan fingerprint density at radius 3 is 2.79 bits per heavy atom. The summed E-state index contributed by atoms with van der Waals surface area (Å²) in [7, 11) is 1.99. The maximum atomic E-state index is 12.6. The molecule has 0 aliphatic carbocycles. The zero-order chi connectivity index (χ0) is 13.2. The molecule has 0 aromatic heterocycles. The quantitative estimate of drug-likeness (QED) is 0.873. The Balaban J connectivity index is 1.69. The van der Waals surface area contributed by atoms with Crippen molar-refractivity contribution in [1.29, 1.82) is 0 Å². The molecule has 1 aromatic carbocycles. The fourth-order valence-corrected chi connectivity index (χ4v) is 2.98. The Morgan fingerprint density at radius 1 is 1.32 bits per heavy atom. The molecular weight excluding hydrogens is 240 g/mol. The molecule has 1 fully saturated rings. The number of benzene rings is 1. The Bertz CT molecular complexity index is 467. The summed E-state index contributed by atoms with van der Waals surface area (Å²) >= 11 is 0. The number of ether oxygens (including phenoxy) is 1. The third-order valence-corrected chi connectivity index (χ3v) is 4.21. The normalized spacial score (nSPS) is 23.0. The van der Waals surface area contributed by atoms with Gasteiger partial charge in [0.1, 0.15) is 18.3 Å². The fourth-order valence-electron chi connectivity index (χ4n) is 2.98. The average Bonchev–Trinajstić information content (AvgIpc) is 2.90. The van der Waals surface area contributed by atoms with Crippen LogP contribution in [0.3, 0.4) is 0 Å². The van der Waals surface area contributed by atoms with E-state index in [1.807, 2.05) is 36.2 Å². The van der Waals surface area contributed by atoms with Gasteiger partial charge in [0, 0.05) is 24.7 Å². The van der Waals surface area contributed by atoms with Crippen molar-refractivity contribution in [3.63, 3.8) is 0 Å². The van der Waals surface area contributed by atoms with Gasteiger partial charge in [-0.15, -0.1) is 0 Å². The van der Waals surface area contributed by atoms with Gasteiger partial charge in [-0.3, -0.25) is 4.79 Å².